The van der Waals surface area contributed by atoms with E-state index in [2.05, 4.69) is 27.9 Å². The molecule has 0 fully saturated rings. The van der Waals surface area contributed by atoms with E-state index in [9.17, 15) is 9.59 Å². The van der Waals surface area contributed by atoms with Gasteiger partial charge in [0.2, 0.25) is 0 Å². The Morgan fingerprint density at radius 2 is 2.06 bits per heavy atom. The van der Waals surface area contributed by atoms with Gasteiger partial charge in [-0.1, -0.05) is 18.7 Å². The molecule has 0 radical (unpaired) electrons. The Hall–Kier alpha value is -1.69. The number of aromatic nitrogens is 2. The van der Waals surface area contributed by atoms with Crippen LogP contribution in [-0.2, 0) is 6.42 Å². The van der Waals surface area contributed by atoms with Crippen LogP contribution in [0.15, 0.2) is 23.0 Å². The molecule has 0 aliphatic rings. The van der Waals surface area contributed by atoms with Gasteiger partial charge < -0.3 is 15.3 Å². The van der Waals surface area contributed by atoms with Crippen LogP contribution in [0.25, 0.3) is 11.0 Å². The number of hydrogen-bond donors (Lipinski definition) is 4. The number of aromatic amines is 2. The average molecular weight is 237 g/mol. The fraction of sp³-hybridized carbons (Fsp3) is 0.200. The second-order valence-corrected chi connectivity index (χ2v) is 3.85. The van der Waals surface area contributed by atoms with E-state index in [1.54, 1.807) is 0 Å². The molecule has 1 aromatic heterocycles. The molecule has 0 aliphatic carbocycles. The molecule has 2 rings (SSSR count). The van der Waals surface area contributed by atoms with Crippen LogP contribution in [0.5, 0.6) is 0 Å². The summed E-state index contributed by atoms with van der Waals surface area (Å²) in [5, 5.41) is 2.26. The van der Waals surface area contributed by atoms with Gasteiger partial charge in [-0.15, -0.1) is 0 Å². The lowest BCUT2D eigenvalue weighted by Crippen LogP contribution is -2.19. The summed E-state index contributed by atoms with van der Waals surface area (Å²) >= 11 is 3.60. The zero-order chi connectivity index (χ0) is 11.5. The van der Waals surface area contributed by atoms with Crippen LogP contribution >= 0.6 is 12.6 Å². The first kappa shape index (κ1) is 10.8. The molecule has 2 aromatic rings. The number of carbonyl (C=O) groups excluding carboxylic acids is 1. The topological polar surface area (TPSA) is 77.8 Å². The van der Waals surface area contributed by atoms with Crippen molar-refractivity contribution in [3.8, 4) is 0 Å². The van der Waals surface area contributed by atoms with E-state index in [-0.39, 0.29) is 10.9 Å². The van der Waals surface area contributed by atoms with Crippen molar-refractivity contribution in [2.24, 2.45) is 0 Å². The maximum atomic E-state index is 11.0. The summed E-state index contributed by atoms with van der Waals surface area (Å²) in [6, 6.07) is 5.64. The minimum Gasteiger partial charge on any atom is -0.347 e. The Morgan fingerprint density at radius 1 is 1.31 bits per heavy atom. The number of imidazole rings is 1. The SMILES string of the molecule is O=C(S)NCCc1ccc2[nH]c(=O)[nH]c2c1. The minimum atomic E-state index is -0.337. The zero-order valence-electron chi connectivity index (χ0n) is 8.41. The van der Waals surface area contributed by atoms with Gasteiger partial charge in [-0.05, 0) is 24.1 Å². The predicted molar refractivity (Wildman–Crippen MR) is 65.0 cm³/mol. The van der Waals surface area contributed by atoms with Crippen molar-refractivity contribution in [1.29, 1.82) is 0 Å². The largest absolute Gasteiger partial charge is 0.347 e. The average Bonchev–Trinajstić information content (AvgIpc) is 2.56. The second-order valence-electron chi connectivity index (χ2n) is 3.44. The number of H-pyrrole nitrogens is 2. The van der Waals surface area contributed by atoms with Gasteiger partial charge in [-0.2, -0.15) is 0 Å². The standard InChI is InChI=1S/C10H11N3O2S/c14-9-12-7-2-1-6(5-8(7)13-9)3-4-11-10(15)16/h1-2,5H,3-4H2,(H2,11,15,16)(H2,12,13,14). The molecule has 0 saturated heterocycles. The van der Waals surface area contributed by atoms with Crippen LogP contribution < -0.4 is 11.0 Å². The highest BCUT2D eigenvalue weighted by atomic mass is 32.1. The molecular weight excluding hydrogens is 226 g/mol. The second kappa shape index (κ2) is 4.44. The van der Waals surface area contributed by atoms with E-state index >= 15 is 0 Å². The Bertz CT molecular complexity index is 573. The van der Waals surface area contributed by atoms with Crippen molar-refractivity contribution in [3.63, 3.8) is 0 Å². The lowest BCUT2D eigenvalue weighted by molar-refractivity contribution is 0.261. The van der Waals surface area contributed by atoms with E-state index in [0.29, 0.717) is 13.0 Å². The Morgan fingerprint density at radius 3 is 2.81 bits per heavy atom. The molecule has 0 saturated carbocycles. The number of rotatable bonds is 3. The van der Waals surface area contributed by atoms with E-state index < -0.39 is 0 Å². The molecule has 0 spiro atoms. The van der Waals surface area contributed by atoms with Gasteiger partial charge in [0.15, 0.2) is 0 Å². The first-order valence-electron chi connectivity index (χ1n) is 4.83. The van der Waals surface area contributed by atoms with Crippen molar-refractivity contribution < 1.29 is 4.79 Å². The highest BCUT2D eigenvalue weighted by Crippen LogP contribution is 2.10. The number of benzene rings is 1. The third kappa shape index (κ3) is 2.46. The molecular formula is C10H11N3O2S. The van der Waals surface area contributed by atoms with Gasteiger partial charge in [0, 0.05) is 6.54 Å². The van der Waals surface area contributed by atoms with Gasteiger partial charge in [-0.3, -0.25) is 4.79 Å². The molecule has 0 atom stereocenters. The molecule has 6 heteroatoms. The van der Waals surface area contributed by atoms with Crippen LogP contribution in [0.4, 0.5) is 4.79 Å². The highest BCUT2D eigenvalue weighted by molar-refractivity contribution is 7.96. The molecule has 0 bridgehead atoms. The first-order chi connectivity index (χ1) is 7.65. The van der Waals surface area contributed by atoms with Crippen LogP contribution in [0.1, 0.15) is 5.56 Å². The summed E-state index contributed by atoms with van der Waals surface area (Å²) in [5.74, 6) is 0. The molecule has 1 aromatic carbocycles. The van der Waals surface area contributed by atoms with Gasteiger partial charge in [0.25, 0.3) is 5.24 Å². The zero-order valence-corrected chi connectivity index (χ0v) is 9.30. The number of carbonyl (C=O) groups is 1. The normalized spacial score (nSPS) is 10.6. The Labute approximate surface area is 96.7 Å². The fourth-order valence-electron chi connectivity index (χ4n) is 1.55. The van der Waals surface area contributed by atoms with Gasteiger partial charge >= 0.3 is 5.69 Å². The smallest absolute Gasteiger partial charge is 0.323 e. The van der Waals surface area contributed by atoms with Gasteiger partial charge in [0.05, 0.1) is 11.0 Å². The lowest BCUT2D eigenvalue weighted by Gasteiger charge is -2.01. The summed E-state index contributed by atoms with van der Waals surface area (Å²) in [6.07, 6.45) is 0.704. The molecule has 3 N–H and O–H groups in total. The molecule has 0 unspecified atom stereocenters. The van der Waals surface area contributed by atoms with E-state index in [1.165, 1.54) is 0 Å². The number of thiol groups is 1. The third-order valence-corrected chi connectivity index (χ3v) is 2.43. The number of nitrogens with one attached hydrogen (secondary N) is 3. The minimum absolute atomic E-state index is 0.212. The summed E-state index contributed by atoms with van der Waals surface area (Å²) < 4.78 is 0. The maximum absolute atomic E-state index is 11.0. The Kier molecular flexibility index (Phi) is 3.00. The number of fused-ring (bicyclic) bond motifs is 1. The third-order valence-electron chi connectivity index (χ3n) is 2.27. The predicted octanol–water partition coefficient (Wildman–Crippen LogP) is 1.04. The highest BCUT2D eigenvalue weighted by Gasteiger charge is 2.00. The molecule has 1 heterocycles. The van der Waals surface area contributed by atoms with Crippen molar-refractivity contribution in [2.75, 3.05) is 6.54 Å². The molecule has 0 aliphatic heterocycles. The first-order valence-corrected chi connectivity index (χ1v) is 5.27. The quantitative estimate of drug-likeness (QED) is 0.602. The van der Waals surface area contributed by atoms with E-state index in [4.69, 9.17) is 0 Å². The molecule has 5 nitrogen and oxygen atoms in total. The number of amides is 1. The number of hydrogen-bond acceptors (Lipinski definition) is 2. The van der Waals surface area contributed by atoms with Crippen LogP contribution in [0.2, 0.25) is 0 Å². The maximum Gasteiger partial charge on any atom is 0.323 e. The van der Waals surface area contributed by atoms with Crippen molar-refractivity contribution in [3.05, 3.63) is 34.2 Å². The van der Waals surface area contributed by atoms with Crippen LogP contribution in [-0.4, -0.2) is 21.8 Å². The van der Waals surface area contributed by atoms with Gasteiger partial charge in [0.1, 0.15) is 0 Å². The monoisotopic (exact) mass is 237 g/mol. The van der Waals surface area contributed by atoms with E-state index in [0.717, 1.165) is 16.6 Å². The Balaban J connectivity index is 2.13. The summed E-state index contributed by atoms with van der Waals surface area (Å²) in [5.41, 5.74) is 2.40. The van der Waals surface area contributed by atoms with Crippen molar-refractivity contribution in [1.82, 2.24) is 15.3 Å². The van der Waals surface area contributed by atoms with Gasteiger partial charge in [-0.25, -0.2) is 4.79 Å². The van der Waals surface area contributed by atoms with E-state index in [1.807, 2.05) is 18.2 Å². The van der Waals surface area contributed by atoms with Crippen LogP contribution in [0, 0.1) is 0 Å². The van der Waals surface area contributed by atoms with Crippen molar-refractivity contribution >= 4 is 28.9 Å². The molecule has 16 heavy (non-hydrogen) atoms. The van der Waals surface area contributed by atoms with Crippen LogP contribution in [0.3, 0.4) is 0 Å². The summed E-state index contributed by atoms with van der Waals surface area (Å²) in [6.45, 7) is 0.530. The molecule has 1 amide bonds. The summed E-state index contributed by atoms with van der Waals surface area (Å²) in [7, 11) is 0. The lowest BCUT2D eigenvalue weighted by atomic mass is 10.1. The van der Waals surface area contributed by atoms with Crippen molar-refractivity contribution in [2.45, 2.75) is 6.42 Å². The molecule has 84 valence electrons. The fourth-order valence-corrected chi connectivity index (χ4v) is 1.66. The summed E-state index contributed by atoms with van der Waals surface area (Å²) in [4.78, 5) is 26.9.